The lowest BCUT2D eigenvalue weighted by molar-refractivity contribution is -0.137. The van der Waals surface area contributed by atoms with E-state index in [2.05, 4.69) is 5.32 Å². The molecule has 2 atom stereocenters. The number of hydrogen-bond acceptors (Lipinski definition) is 4. The third-order valence-electron chi connectivity index (χ3n) is 4.29. The van der Waals surface area contributed by atoms with Crippen molar-refractivity contribution in [3.8, 4) is 0 Å². The summed E-state index contributed by atoms with van der Waals surface area (Å²) in [5, 5.41) is 2.93. The maximum absolute atomic E-state index is 12.4. The maximum Gasteiger partial charge on any atom is 0.225 e. The van der Waals surface area contributed by atoms with Gasteiger partial charge in [-0.1, -0.05) is 6.42 Å². The molecule has 1 saturated heterocycles. The van der Waals surface area contributed by atoms with Crippen LogP contribution in [0.15, 0.2) is 0 Å². The smallest absolute Gasteiger partial charge is 0.225 e. The zero-order valence-electron chi connectivity index (χ0n) is 12.8. The molecule has 1 aliphatic heterocycles. The molecule has 120 valence electrons. The Labute approximate surface area is 126 Å². The second kappa shape index (κ2) is 8.34. The Hall–Kier alpha value is -1.14. The molecular formula is C15H26N2O4. The van der Waals surface area contributed by atoms with Gasteiger partial charge in [-0.05, 0) is 19.3 Å². The second-order valence-electron chi connectivity index (χ2n) is 5.69. The highest BCUT2D eigenvalue weighted by Crippen LogP contribution is 2.31. The molecule has 0 aromatic carbocycles. The highest BCUT2D eigenvalue weighted by atomic mass is 16.5. The van der Waals surface area contributed by atoms with Gasteiger partial charge in [0.1, 0.15) is 0 Å². The molecule has 0 aromatic heterocycles. The van der Waals surface area contributed by atoms with Gasteiger partial charge in [-0.15, -0.1) is 0 Å². The molecule has 1 saturated carbocycles. The predicted octanol–water partition coefficient (Wildman–Crippen LogP) is 0.557. The Balaban J connectivity index is 2.09. The van der Waals surface area contributed by atoms with Crippen molar-refractivity contribution < 1.29 is 19.1 Å². The van der Waals surface area contributed by atoms with Gasteiger partial charge in [-0.25, -0.2) is 0 Å². The number of methoxy groups -OCH3 is 1. The van der Waals surface area contributed by atoms with Crippen molar-refractivity contribution in [2.45, 2.75) is 38.1 Å². The summed E-state index contributed by atoms with van der Waals surface area (Å²) >= 11 is 0. The third kappa shape index (κ3) is 4.41. The number of carbonyl (C=O) groups is 2. The largest absolute Gasteiger partial charge is 0.384 e. The topological polar surface area (TPSA) is 67.9 Å². The van der Waals surface area contributed by atoms with Gasteiger partial charge in [0.2, 0.25) is 11.8 Å². The number of ether oxygens (including phenoxy) is 2. The number of nitrogens with one attached hydrogen (secondary N) is 1. The summed E-state index contributed by atoms with van der Waals surface area (Å²) in [5.41, 5.74) is 0. The molecule has 1 N–H and O–H groups in total. The molecule has 0 aromatic rings. The van der Waals surface area contributed by atoms with Crippen LogP contribution >= 0.6 is 0 Å². The molecule has 2 aliphatic rings. The van der Waals surface area contributed by atoms with Gasteiger partial charge in [-0.2, -0.15) is 0 Å². The highest BCUT2D eigenvalue weighted by Gasteiger charge is 2.38. The van der Waals surface area contributed by atoms with E-state index in [0.717, 1.165) is 25.7 Å². The lowest BCUT2D eigenvalue weighted by Gasteiger charge is -2.32. The normalized spacial score (nSPS) is 27.7. The molecule has 21 heavy (non-hydrogen) atoms. The van der Waals surface area contributed by atoms with Gasteiger partial charge in [0.05, 0.1) is 25.6 Å². The van der Waals surface area contributed by atoms with Crippen LogP contribution in [0.1, 0.15) is 32.1 Å². The molecule has 2 fully saturated rings. The van der Waals surface area contributed by atoms with Gasteiger partial charge in [0.15, 0.2) is 0 Å². The first-order valence-corrected chi connectivity index (χ1v) is 7.88. The Kier molecular flexibility index (Phi) is 6.45. The Bertz CT molecular complexity index is 362. The van der Waals surface area contributed by atoms with Crippen molar-refractivity contribution in [3.63, 3.8) is 0 Å². The van der Waals surface area contributed by atoms with Crippen molar-refractivity contribution in [3.05, 3.63) is 0 Å². The molecule has 2 rings (SSSR count). The van der Waals surface area contributed by atoms with Crippen LogP contribution in [0.25, 0.3) is 0 Å². The number of carbonyl (C=O) groups excluding carboxylic acids is 2. The molecule has 2 amide bonds. The zero-order valence-corrected chi connectivity index (χ0v) is 12.8. The van der Waals surface area contributed by atoms with Gasteiger partial charge in [-0.3, -0.25) is 9.59 Å². The van der Waals surface area contributed by atoms with E-state index in [4.69, 9.17) is 9.47 Å². The SMILES string of the molecule is COCCC(=O)N1CCCOCCNC(=O)[C@@H]2CCC[C@@H]21. The number of hydrogen-bond donors (Lipinski definition) is 1. The number of amides is 2. The van der Waals surface area contributed by atoms with Crippen molar-refractivity contribution >= 4 is 11.8 Å². The van der Waals surface area contributed by atoms with Crippen LogP contribution in [0.4, 0.5) is 0 Å². The number of nitrogens with zero attached hydrogens (tertiary/aromatic N) is 1. The number of rotatable bonds is 3. The average Bonchev–Trinajstić information content (AvgIpc) is 2.95. The Morgan fingerprint density at radius 2 is 2.24 bits per heavy atom. The molecule has 6 heteroatoms. The summed E-state index contributed by atoms with van der Waals surface area (Å²) in [7, 11) is 1.60. The quantitative estimate of drug-likeness (QED) is 0.826. The summed E-state index contributed by atoms with van der Waals surface area (Å²) in [6.07, 6.45) is 3.98. The van der Waals surface area contributed by atoms with E-state index < -0.39 is 0 Å². The lowest BCUT2D eigenvalue weighted by Crippen LogP contribution is -2.47. The molecule has 0 spiro atoms. The standard InChI is InChI=1S/C15H26N2O4/c1-20-10-6-14(18)17-8-3-9-21-11-7-16-15(19)12-4-2-5-13(12)17/h12-13H,2-11H2,1H3,(H,16,19)/t12-,13+/m1/s1. The van der Waals surface area contributed by atoms with Gasteiger partial charge < -0.3 is 19.7 Å². The summed E-state index contributed by atoms with van der Waals surface area (Å²) in [6.45, 7) is 2.81. The molecule has 1 aliphatic carbocycles. The van der Waals surface area contributed by atoms with Crippen LogP contribution < -0.4 is 5.32 Å². The summed E-state index contributed by atoms with van der Waals surface area (Å²) in [5.74, 6) is 0.0722. The van der Waals surface area contributed by atoms with Crippen molar-refractivity contribution in [1.82, 2.24) is 10.2 Å². The molecule has 1 heterocycles. The van der Waals surface area contributed by atoms with Gasteiger partial charge in [0, 0.05) is 32.8 Å². The number of fused-ring (bicyclic) bond motifs is 1. The van der Waals surface area contributed by atoms with Crippen LogP contribution in [0, 0.1) is 5.92 Å². The van der Waals surface area contributed by atoms with Crippen LogP contribution in [0.5, 0.6) is 0 Å². The maximum atomic E-state index is 12.4. The monoisotopic (exact) mass is 298 g/mol. The minimum Gasteiger partial charge on any atom is -0.384 e. The fourth-order valence-electron chi connectivity index (χ4n) is 3.24. The van der Waals surface area contributed by atoms with E-state index in [-0.39, 0.29) is 23.8 Å². The van der Waals surface area contributed by atoms with Crippen LogP contribution in [0.2, 0.25) is 0 Å². The second-order valence-corrected chi connectivity index (χ2v) is 5.69. The fraction of sp³-hybridized carbons (Fsp3) is 0.867. The van der Waals surface area contributed by atoms with E-state index in [9.17, 15) is 9.59 Å². The van der Waals surface area contributed by atoms with Crippen molar-refractivity contribution in [2.75, 3.05) is 40.0 Å². The minimum atomic E-state index is -0.0744. The Morgan fingerprint density at radius 1 is 1.38 bits per heavy atom. The van der Waals surface area contributed by atoms with E-state index >= 15 is 0 Å². The van der Waals surface area contributed by atoms with E-state index in [1.807, 2.05) is 4.90 Å². The minimum absolute atomic E-state index is 0.0347. The first kappa shape index (κ1) is 16.2. The lowest BCUT2D eigenvalue weighted by atomic mass is 10.00. The van der Waals surface area contributed by atoms with Crippen LogP contribution in [-0.4, -0.2) is 62.8 Å². The molecule has 0 bridgehead atoms. The van der Waals surface area contributed by atoms with E-state index in [1.54, 1.807) is 7.11 Å². The summed E-state index contributed by atoms with van der Waals surface area (Å²) in [4.78, 5) is 26.6. The average molecular weight is 298 g/mol. The van der Waals surface area contributed by atoms with E-state index in [0.29, 0.717) is 39.3 Å². The van der Waals surface area contributed by atoms with Gasteiger partial charge >= 0.3 is 0 Å². The molecular weight excluding hydrogens is 272 g/mol. The van der Waals surface area contributed by atoms with Gasteiger partial charge in [0.25, 0.3) is 0 Å². The zero-order chi connectivity index (χ0) is 15.1. The molecule has 0 radical (unpaired) electrons. The van der Waals surface area contributed by atoms with Crippen molar-refractivity contribution in [2.24, 2.45) is 5.92 Å². The summed E-state index contributed by atoms with van der Waals surface area (Å²) < 4.78 is 10.5. The fourth-order valence-corrected chi connectivity index (χ4v) is 3.24. The molecule has 6 nitrogen and oxygen atoms in total. The van der Waals surface area contributed by atoms with Crippen molar-refractivity contribution in [1.29, 1.82) is 0 Å². The highest BCUT2D eigenvalue weighted by molar-refractivity contribution is 5.82. The molecule has 0 unspecified atom stereocenters. The van der Waals surface area contributed by atoms with Crippen LogP contribution in [-0.2, 0) is 19.1 Å². The first-order valence-electron chi connectivity index (χ1n) is 7.88. The predicted molar refractivity (Wildman–Crippen MR) is 77.8 cm³/mol. The first-order chi connectivity index (χ1) is 10.2. The van der Waals surface area contributed by atoms with E-state index in [1.165, 1.54) is 0 Å². The Morgan fingerprint density at radius 3 is 3.05 bits per heavy atom. The van der Waals surface area contributed by atoms with Crippen LogP contribution in [0.3, 0.4) is 0 Å². The third-order valence-corrected chi connectivity index (χ3v) is 4.29. The summed E-state index contributed by atoms with van der Waals surface area (Å²) in [6, 6.07) is 0.0347.